The first kappa shape index (κ1) is 21.1. The molecule has 2 aliphatic heterocycles. The number of fused-ring (bicyclic) bond motifs is 14. The monoisotopic (exact) mass is 698 g/mol. The number of aromatic nitrogens is 2. The van der Waals surface area contributed by atoms with Crippen molar-refractivity contribution in [2.24, 2.45) is 0 Å². The van der Waals surface area contributed by atoms with Crippen molar-refractivity contribution >= 4 is 115 Å². The fourth-order valence-electron chi connectivity index (χ4n) is 9.33. The second-order valence-electron chi connectivity index (χ2n) is 13.8. The summed E-state index contributed by atoms with van der Waals surface area (Å²) in [6.07, 6.45) is 0. The predicted molar refractivity (Wildman–Crippen MR) is 227 cm³/mol. The molecular weight excluding hydrogens is 661 g/mol. The van der Waals surface area contributed by atoms with E-state index >= 15 is 0 Å². The highest BCUT2D eigenvalue weighted by Crippen LogP contribution is 2.46. The highest BCUT2D eigenvalue weighted by atomic mass is 32.1. The molecule has 0 N–H and O–H groups in total. The van der Waals surface area contributed by atoms with Gasteiger partial charge in [-0.25, -0.2) is 0 Å². The fourth-order valence-corrected chi connectivity index (χ4v) is 10.4. The lowest BCUT2D eigenvalue weighted by Gasteiger charge is -2.40. The van der Waals surface area contributed by atoms with E-state index in [0.717, 1.165) is 80.6 Å². The molecule has 244 valence electrons. The van der Waals surface area contributed by atoms with Crippen molar-refractivity contribution in [2.45, 2.75) is 0 Å². The van der Waals surface area contributed by atoms with Gasteiger partial charge in [0.2, 0.25) is 0 Å². The van der Waals surface area contributed by atoms with Crippen molar-refractivity contribution in [1.29, 1.82) is 0 Å². The minimum atomic E-state index is -0.722. The molecule has 0 aliphatic carbocycles. The van der Waals surface area contributed by atoms with E-state index in [1.807, 2.05) is 42.5 Å². The molecule has 53 heavy (non-hydrogen) atoms. The third-order valence-electron chi connectivity index (χ3n) is 11.3. The third kappa shape index (κ3) is 3.50. The van der Waals surface area contributed by atoms with Gasteiger partial charge in [-0.2, -0.15) is 0 Å². The molecule has 3 nitrogen and oxygen atoms in total. The molecule has 13 rings (SSSR count). The smallest absolute Gasteiger partial charge is 0.252 e. The van der Waals surface area contributed by atoms with Crippen LogP contribution in [0.15, 0.2) is 170 Å². The standard InChI is InChI=1S/C48H28BN3S/c1-2-13-29(14-3-1)50-40-23-10-7-19-36(40)49-37-20-12-18-33-34-25-26-44-45(35-17-6-11-24-43(35)53-44)48(34)52(47(33)37)42-28-30(27-41(50)46(42)49)51-38-21-8-4-15-31(38)32-16-5-9-22-39(32)51/h1-28H/i1D,2D,3D,7D,10D,13D,14D,19D,23D. The predicted octanol–water partition coefficient (Wildman–Crippen LogP) is 10.9. The number of hydrogen-bond donors (Lipinski definition) is 0. The second-order valence-corrected chi connectivity index (χ2v) is 14.9. The first-order valence-corrected chi connectivity index (χ1v) is 18.4. The Balaban J connectivity index is 1.31. The fraction of sp³-hybridized carbons (Fsp3) is 0. The number of thiophene rings is 1. The summed E-state index contributed by atoms with van der Waals surface area (Å²) in [6, 6.07) is 35.2. The average Bonchev–Trinajstić information content (AvgIpc) is 3.96. The summed E-state index contributed by atoms with van der Waals surface area (Å²) >= 11 is 1.73. The Bertz CT molecular complexity index is 3830. The van der Waals surface area contributed by atoms with Gasteiger partial charge in [-0.15, -0.1) is 11.3 Å². The first-order valence-electron chi connectivity index (χ1n) is 22.1. The van der Waals surface area contributed by atoms with Crippen LogP contribution in [0.1, 0.15) is 12.3 Å². The van der Waals surface area contributed by atoms with Crippen molar-refractivity contribution < 1.29 is 12.3 Å². The summed E-state index contributed by atoms with van der Waals surface area (Å²) in [4.78, 5) is 1.52. The summed E-state index contributed by atoms with van der Waals surface area (Å²) < 4.78 is 89.0. The van der Waals surface area contributed by atoms with Crippen LogP contribution < -0.4 is 21.3 Å². The molecule has 0 spiro atoms. The number of rotatable bonds is 2. The molecule has 0 bridgehead atoms. The summed E-state index contributed by atoms with van der Waals surface area (Å²) in [6.45, 7) is -0.722. The van der Waals surface area contributed by atoms with Crippen LogP contribution in [0, 0.1) is 0 Å². The topological polar surface area (TPSA) is 13.1 Å². The van der Waals surface area contributed by atoms with Crippen molar-refractivity contribution in [3.8, 4) is 11.4 Å². The minimum Gasteiger partial charge on any atom is -0.311 e. The Morgan fingerprint density at radius 1 is 0.472 bits per heavy atom. The Kier molecular flexibility index (Phi) is 4.00. The Labute approximate surface area is 321 Å². The zero-order chi connectivity index (χ0) is 42.2. The number of nitrogens with zero attached hydrogens (tertiary/aromatic N) is 3. The molecular formula is C48H28BN3S. The van der Waals surface area contributed by atoms with Gasteiger partial charge in [-0.05, 0) is 70.9 Å². The highest BCUT2D eigenvalue weighted by Gasteiger charge is 2.42. The van der Waals surface area contributed by atoms with Gasteiger partial charge in [-0.1, -0.05) is 115 Å². The molecule has 0 saturated carbocycles. The summed E-state index contributed by atoms with van der Waals surface area (Å²) in [5.41, 5.74) is 7.41. The molecule has 0 saturated heterocycles. The number of hydrogen-bond acceptors (Lipinski definition) is 2. The largest absolute Gasteiger partial charge is 0.311 e. The van der Waals surface area contributed by atoms with Crippen LogP contribution in [0.5, 0.6) is 0 Å². The van der Waals surface area contributed by atoms with E-state index in [1.54, 1.807) is 11.3 Å². The number of benzene rings is 8. The number of anilines is 3. The van der Waals surface area contributed by atoms with Crippen LogP contribution in [0.4, 0.5) is 17.1 Å². The minimum absolute atomic E-state index is 0.0464. The van der Waals surface area contributed by atoms with Gasteiger partial charge >= 0.3 is 0 Å². The molecule has 0 atom stereocenters. The van der Waals surface area contributed by atoms with Crippen molar-refractivity contribution in [3.05, 3.63) is 170 Å². The SMILES string of the molecule is [2H]c1c([2H])c([2H])c(N2c3cc(-n4c5ccccc5c5ccccc54)cc4c3B(c3c([2H])c([2H])c([2H])c([2H])c32)c2cccc3c5ccc6sc7ccccc7c6c5n-4c23)c([2H])c1[2H]. The van der Waals surface area contributed by atoms with Crippen molar-refractivity contribution in [1.82, 2.24) is 9.13 Å². The van der Waals surface area contributed by atoms with Crippen LogP contribution in [-0.4, -0.2) is 15.8 Å². The average molecular weight is 699 g/mol. The van der Waals surface area contributed by atoms with E-state index in [4.69, 9.17) is 6.85 Å². The molecule has 8 aromatic carbocycles. The molecule has 0 amide bonds. The van der Waals surface area contributed by atoms with E-state index in [-0.39, 0.29) is 28.9 Å². The zero-order valence-corrected chi connectivity index (χ0v) is 28.6. The van der Waals surface area contributed by atoms with Gasteiger partial charge in [0.25, 0.3) is 6.71 Å². The van der Waals surface area contributed by atoms with E-state index in [2.05, 4.69) is 81.9 Å². The summed E-state index contributed by atoms with van der Waals surface area (Å²) in [5.74, 6) is 0. The van der Waals surface area contributed by atoms with Gasteiger partial charge in [0.15, 0.2) is 0 Å². The zero-order valence-electron chi connectivity index (χ0n) is 36.8. The molecule has 0 fully saturated rings. The lowest BCUT2D eigenvalue weighted by atomic mass is 9.34. The Morgan fingerprint density at radius 2 is 1.15 bits per heavy atom. The maximum absolute atomic E-state index is 9.63. The molecule has 3 aromatic heterocycles. The van der Waals surface area contributed by atoms with Crippen molar-refractivity contribution in [3.63, 3.8) is 0 Å². The molecule has 2 aliphatic rings. The van der Waals surface area contributed by atoms with E-state index in [1.165, 1.54) is 4.90 Å². The first-order chi connectivity index (χ1) is 30.1. The third-order valence-corrected chi connectivity index (χ3v) is 12.4. The summed E-state index contributed by atoms with van der Waals surface area (Å²) in [7, 11) is 0. The maximum atomic E-state index is 9.63. The van der Waals surface area contributed by atoms with Gasteiger partial charge < -0.3 is 14.0 Å². The lowest BCUT2D eigenvalue weighted by Crippen LogP contribution is -2.60. The van der Waals surface area contributed by atoms with Gasteiger partial charge in [0.05, 0.1) is 34.6 Å². The van der Waals surface area contributed by atoms with Gasteiger partial charge in [0.1, 0.15) is 0 Å². The molecule has 5 heteroatoms. The van der Waals surface area contributed by atoms with Crippen LogP contribution >= 0.6 is 11.3 Å². The quantitative estimate of drug-likeness (QED) is 0.164. The van der Waals surface area contributed by atoms with Gasteiger partial charge in [0, 0.05) is 70.0 Å². The molecule has 11 aromatic rings. The number of para-hydroxylation sites is 5. The second kappa shape index (κ2) is 10.1. The van der Waals surface area contributed by atoms with E-state index < -0.39 is 49.0 Å². The van der Waals surface area contributed by atoms with Crippen molar-refractivity contribution in [2.75, 3.05) is 4.90 Å². The normalized spacial score (nSPS) is 15.6. The Morgan fingerprint density at radius 3 is 1.98 bits per heavy atom. The van der Waals surface area contributed by atoms with E-state index in [0.29, 0.717) is 11.2 Å². The Hall–Kier alpha value is -6.56. The van der Waals surface area contributed by atoms with Gasteiger partial charge in [-0.3, -0.25) is 0 Å². The van der Waals surface area contributed by atoms with Crippen LogP contribution in [-0.2, 0) is 0 Å². The van der Waals surface area contributed by atoms with E-state index in [9.17, 15) is 5.48 Å². The molecule has 0 unspecified atom stereocenters. The molecule has 5 heterocycles. The lowest BCUT2D eigenvalue weighted by molar-refractivity contribution is 1.13. The highest BCUT2D eigenvalue weighted by molar-refractivity contribution is 7.26. The van der Waals surface area contributed by atoms with Crippen LogP contribution in [0.25, 0.3) is 75.2 Å². The van der Waals surface area contributed by atoms with Crippen LogP contribution in [0.3, 0.4) is 0 Å². The van der Waals surface area contributed by atoms with Crippen LogP contribution in [0.2, 0.25) is 0 Å². The molecule has 0 radical (unpaired) electrons. The maximum Gasteiger partial charge on any atom is 0.252 e. The summed E-state index contributed by atoms with van der Waals surface area (Å²) in [5, 5.41) is 6.33.